The van der Waals surface area contributed by atoms with Crippen molar-refractivity contribution in [3.8, 4) is 0 Å². The molecule has 1 amide bonds. The number of anilines is 1. The predicted octanol–water partition coefficient (Wildman–Crippen LogP) is 5.48. The lowest BCUT2D eigenvalue weighted by Gasteiger charge is -2.37. The molecule has 1 fully saturated rings. The average Bonchev–Trinajstić information content (AvgIpc) is 2.99. The van der Waals surface area contributed by atoms with E-state index in [1.807, 2.05) is 0 Å². The van der Waals surface area contributed by atoms with Crippen LogP contribution < -0.4 is 4.90 Å². The minimum absolute atomic E-state index is 0.0322. The Morgan fingerprint density at radius 2 is 1.71 bits per heavy atom. The van der Waals surface area contributed by atoms with Crippen LogP contribution in [0.3, 0.4) is 0 Å². The summed E-state index contributed by atoms with van der Waals surface area (Å²) in [5.74, 6) is 0. The van der Waals surface area contributed by atoms with E-state index in [9.17, 15) is 31.1 Å². The summed E-state index contributed by atoms with van der Waals surface area (Å²) >= 11 is 0.724. The van der Waals surface area contributed by atoms with Crippen LogP contribution in [-0.2, 0) is 17.3 Å². The van der Waals surface area contributed by atoms with Gasteiger partial charge in [-0.2, -0.15) is 26.3 Å². The summed E-state index contributed by atoms with van der Waals surface area (Å²) in [5, 5.41) is 0.0322. The highest BCUT2D eigenvalue weighted by Crippen LogP contribution is 2.43. The third kappa shape index (κ3) is 5.72. The summed E-state index contributed by atoms with van der Waals surface area (Å²) in [4.78, 5) is 18.8. The monoisotopic (exact) mass is 469 g/mol. The molecule has 0 aliphatic carbocycles. The van der Waals surface area contributed by atoms with Crippen LogP contribution in [-0.4, -0.2) is 53.9 Å². The summed E-state index contributed by atoms with van der Waals surface area (Å²) in [5.41, 5.74) is -1.92. The summed E-state index contributed by atoms with van der Waals surface area (Å²) in [6, 6.07) is 1.13. The van der Waals surface area contributed by atoms with Crippen molar-refractivity contribution >= 4 is 33.3 Å². The maximum absolute atomic E-state index is 13.7. The van der Waals surface area contributed by atoms with Gasteiger partial charge in [-0.05, 0) is 26.8 Å². The summed E-state index contributed by atoms with van der Waals surface area (Å²) in [6.07, 6.45) is -10.4. The van der Waals surface area contributed by atoms with Crippen molar-refractivity contribution in [1.29, 1.82) is 0 Å². The molecule has 2 aromatic rings. The first kappa shape index (κ1) is 23.4. The molecular weight excluding hydrogens is 448 g/mol. The van der Waals surface area contributed by atoms with Gasteiger partial charge in [0.05, 0.1) is 17.7 Å². The van der Waals surface area contributed by atoms with Gasteiger partial charge in [-0.25, -0.2) is 9.78 Å². The van der Waals surface area contributed by atoms with Gasteiger partial charge in [0.2, 0.25) is 0 Å². The summed E-state index contributed by atoms with van der Waals surface area (Å²) < 4.78 is 84.6. The maximum Gasteiger partial charge on any atom is 0.419 e. The van der Waals surface area contributed by atoms with Crippen LogP contribution in [0.25, 0.3) is 10.2 Å². The molecular formula is C19H21F6N3O2S. The normalized spacial score (nSPS) is 16.2. The molecule has 0 saturated carbocycles. The Morgan fingerprint density at radius 3 is 2.23 bits per heavy atom. The van der Waals surface area contributed by atoms with Crippen LogP contribution in [0.1, 0.15) is 31.2 Å². The number of ether oxygens (including phenoxy) is 1. The Kier molecular flexibility index (Phi) is 6.07. The van der Waals surface area contributed by atoms with E-state index >= 15 is 0 Å². The van der Waals surface area contributed by atoms with Crippen LogP contribution >= 0.6 is 11.3 Å². The number of rotatable bonds is 2. The SMILES string of the molecule is CC(C)(C)OC(=O)N1CCN(c2c(C(F)(F)F)cnc3sc(CC(F)(F)F)cc23)CC1. The first-order chi connectivity index (χ1) is 14.1. The predicted molar refractivity (Wildman–Crippen MR) is 104 cm³/mol. The van der Waals surface area contributed by atoms with Crippen molar-refractivity contribution in [1.82, 2.24) is 9.88 Å². The second-order valence-electron chi connectivity index (χ2n) is 8.20. The zero-order chi connectivity index (χ0) is 23.2. The van der Waals surface area contributed by atoms with Crippen LogP contribution in [0.5, 0.6) is 0 Å². The maximum atomic E-state index is 13.7. The lowest BCUT2D eigenvalue weighted by molar-refractivity contribution is -0.137. The van der Waals surface area contributed by atoms with Gasteiger partial charge in [0.25, 0.3) is 0 Å². The van der Waals surface area contributed by atoms with Gasteiger partial charge in [0, 0.05) is 42.6 Å². The molecule has 172 valence electrons. The van der Waals surface area contributed by atoms with Crippen molar-refractivity contribution in [2.45, 2.75) is 45.1 Å². The molecule has 3 heterocycles. The minimum atomic E-state index is -4.73. The first-order valence-electron chi connectivity index (χ1n) is 9.42. The summed E-state index contributed by atoms with van der Waals surface area (Å²) in [7, 11) is 0. The third-order valence-corrected chi connectivity index (χ3v) is 5.56. The lowest BCUT2D eigenvalue weighted by atomic mass is 10.1. The molecule has 0 bridgehead atoms. The zero-order valence-electron chi connectivity index (χ0n) is 17.0. The number of piperazine rings is 1. The molecule has 12 heteroatoms. The number of pyridine rings is 1. The fraction of sp³-hybridized carbons (Fsp3) is 0.579. The average molecular weight is 469 g/mol. The van der Waals surface area contributed by atoms with Crippen LogP contribution in [0.2, 0.25) is 0 Å². The number of aromatic nitrogens is 1. The topological polar surface area (TPSA) is 45.7 Å². The zero-order valence-corrected chi connectivity index (χ0v) is 17.8. The van der Waals surface area contributed by atoms with Gasteiger partial charge in [-0.15, -0.1) is 11.3 Å². The van der Waals surface area contributed by atoms with Crippen molar-refractivity contribution < 1.29 is 35.9 Å². The van der Waals surface area contributed by atoms with Crippen LogP contribution in [0, 0.1) is 0 Å². The quantitative estimate of drug-likeness (QED) is 0.547. The number of thiophene rings is 1. The van der Waals surface area contributed by atoms with Crippen molar-refractivity contribution in [2.24, 2.45) is 0 Å². The first-order valence-corrected chi connectivity index (χ1v) is 10.2. The van der Waals surface area contributed by atoms with Gasteiger partial charge in [0.1, 0.15) is 10.4 Å². The van der Waals surface area contributed by atoms with E-state index in [2.05, 4.69) is 4.98 Å². The number of nitrogens with zero attached hydrogens (tertiary/aromatic N) is 3. The highest BCUT2D eigenvalue weighted by atomic mass is 32.1. The molecule has 0 N–H and O–H groups in total. The Morgan fingerprint density at radius 1 is 1.10 bits per heavy atom. The number of halogens is 6. The minimum Gasteiger partial charge on any atom is -0.444 e. The highest BCUT2D eigenvalue weighted by Gasteiger charge is 2.38. The van der Waals surface area contributed by atoms with E-state index in [4.69, 9.17) is 4.74 Å². The molecule has 3 rings (SSSR count). The molecule has 0 atom stereocenters. The number of carbonyl (C=O) groups is 1. The van der Waals surface area contributed by atoms with Crippen molar-refractivity contribution in [2.75, 3.05) is 31.1 Å². The molecule has 0 aromatic carbocycles. The Labute approximate surface area is 178 Å². The molecule has 1 saturated heterocycles. The van der Waals surface area contributed by atoms with Gasteiger partial charge in [0.15, 0.2) is 0 Å². The molecule has 0 radical (unpaired) electrons. The molecule has 1 aliphatic heterocycles. The van der Waals surface area contributed by atoms with E-state index in [0.29, 0.717) is 6.20 Å². The number of fused-ring (bicyclic) bond motifs is 1. The molecule has 0 unspecified atom stereocenters. The molecule has 0 spiro atoms. The van der Waals surface area contributed by atoms with Crippen LogP contribution in [0.15, 0.2) is 12.3 Å². The Hall–Kier alpha value is -2.24. The number of alkyl halides is 6. The van der Waals surface area contributed by atoms with Crippen molar-refractivity contribution in [3.05, 3.63) is 22.7 Å². The van der Waals surface area contributed by atoms with Gasteiger partial charge in [-0.1, -0.05) is 0 Å². The number of carbonyl (C=O) groups excluding carboxylic acids is 1. The lowest BCUT2D eigenvalue weighted by Crippen LogP contribution is -2.50. The molecule has 5 nitrogen and oxygen atoms in total. The largest absolute Gasteiger partial charge is 0.444 e. The standard InChI is InChI=1S/C19H21F6N3O2S/c1-17(2,3)30-16(29)28-6-4-27(5-7-28)14-12-8-11(9-18(20,21)22)31-15(12)26-10-13(14)19(23,24)25/h8,10H,4-7,9H2,1-3H3. The molecule has 2 aromatic heterocycles. The number of hydrogen-bond donors (Lipinski definition) is 0. The molecule has 1 aliphatic rings. The Balaban J connectivity index is 1.92. The van der Waals surface area contributed by atoms with Gasteiger partial charge in [-0.3, -0.25) is 0 Å². The summed E-state index contributed by atoms with van der Waals surface area (Å²) in [6.45, 7) is 5.52. The molecule has 31 heavy (non-hydrogen) atoms. The second kappa shape index (κ2) is 8.03. The van der Waals surface area contributed by atoms with Crippen LogP contribution in [0.4, 0.5) is 36.8 Å². The van der Waals surface area contributed by atoms with Gasteiger partial charge >= 0.3 is 18.4 Å². The van der Waals surface area contributed by atoms with E-state index in [-0.39, 0.29) is 47.0 Å². The van der Waals surface area contributed by atoms with Crippen molar-refractivity contribution in [3.63, 3.8) is 0 Å². The fourth-order valence-electron chi connectivity index (χ4n) is 3.30. The van der Waals surface area contributed by atoms with E-state index in [1.54, 1.807) is 20.8 Å². The second-order valence-corrected chi connectivity index (χ2v) is 9.31. The van der Waals surface area contributed by atoms with E-state index in [1.165, 1.54) is 9.80 Å². The third-order valence-electron chi connectivity index (χ3n) is 4.51. The smallest absolute Gasteiger partial charge is 0.419 e. The number of hydrogen-bond acceptors (Lipinski definition) is 5. The fourth-order valence-corrected chi connectivity index (χ4v) is 4.33. The van der Waals surface area contributed by atoms with Gasteiger partial charge < -0.3 is 14.5 Å². The Bertz CT molecular complexity index is 956. The highest BCUT2D eigenvalue weighted by molar-refractivity contribution is 7.18. The van der Waals surface area contributed by atoms with E-state index in [0.717, 1.165) is 17.4 Å². The van der Waals surface area contributed by atoms with E-state index < -0.39 is 36.0 Å². The number of amides is 1.